The minimum Gasteiger partial charge on any atom is -0.480 e. The van der Waals surface area contributed by atoms with Crippen LogP contribution in [-0.2, 0) is 11.2 Å². The van der Waals surface area contributed by atoms with E-state index in [0.29, 0.717) is 17.2 Å². The second-order valence-corrected chi connectivity index (χ2v) is 7.00. The smallest absolute Gasteiger partial charge is 0.326 e. The summed E-state index contributed by atoms with van der Waals surface area (Å²) >= 11 is 1.39. The fraction of sp³-hybridized carbons (Fsp3) is 0.667. The Labute approximate surface area is 128 Å². The van der Waals surface area contributed by atoms with Gasteiger partial charge in [-0.3, -0.25) is 4.79 Å². The number of rotatable bonds is 3. The maximum absolute atomic E-state index is 12.8. The lowest BCUT2D eigenvalue weighted by molar-refractivity contribution is -0.141. The number of likely N-dealkylation sites (tertiary alicyclic amines) is 1. The standard InChI is InChI=1S/C15H20N2O3S/c1-2-13-16-8-12(21-13)14(18)17-10-6-4-3-5-9(10)7-11(17)15(19)20/h8-11H,2-7H2,1H3,(H,19,20). The molecule has 1 aromatic heterocycles. The van der Waals surface area contributed by atoms with Gasteiger partial charge in [0.1, 0.15) is 10.9 Å². The molecule has 3 rings (SSSR count). The maximum Gasteiger partial charge on any atom is 0.326 e. The lowest BCUT2D eigenvalue weighted by Crippen LogP contribution is -2.46. The summed E-state index contributed by atoms with van der Waals surface area (Å²) in [4.78, 5) is 30.8. The number of hydrogen-bond donors (Lipinski definition) is 1. The van der Waals surface area contributed by atoms with Crippen LogP contribution >= 0.6 is 11.3 Å². The Morgan fingerprint density at radius 3 is 2.86 bits per heavy atom. The van der Waals surface area contributed by atoms with Crippen LogP contribution in [0.15, 0.2) is 6.20 Å². The van der Waals surface area contributed by atoms with E-state index in [-0.39, 0.29) is 11.9 Å². The molecule has 3 atom stereocenters. The summed E-state index contributed by atoms with van der Waals surface area (Å²) in [5.41, 5.74) is 0. The number of aromatic nitrogens is 1. The molecule has 2 aliphatic rings. The first-order valence-corrected chi connectivity index (χ1v) is 8.43. The van der Waals surface area contributed by atoms with Gasteiger partial charge in [0.25, 0.3) is 5.91 Å². The molecule has 3 unspecified atom stereocenters. The van der Waals surface area contributed by atoms with Gasteiger partial charge in [0, 0.05) is 6.04 Å². The maximum atomic E-state index is 12.8. The van der Waals surface area contributed by atoms with Gasteiger partial charge in [-0.25, -0.2) is 9.78 Å². The Balaban J connectivity index is 1.88. The zero-order valence-corrected chi connectivity index (χ0v) is 12.9. The van der Waals surface area contributed by atoms with Gasteiger partial charge < -0.3 is 10.0 Å². The third-order valence-electron chi connectivity index (χ3n) is 4.67. The van der Waals surface area contributed by atoms with Crippen LogP contribution in [0.2, 0.25) is 0 Å². The molecule has 0 bridgehead atoms. The van der Waals surface area contributed by atoms with Crippen molar-refractivity contribution in [1.29, 1.82) is 0 Å². The average Bonchev–Trinajstić information content (AvgIpc) is 3.11. The topological polar surface area (TPSA) is 70.5 Å². The second kappa shape index (κ2) is 5.75. The van der Waals surface area contributed by atoms with E-state index in [9.17, 15) is 14.7 Å². The van der Waals surface area contributed by atoms with Gasteiger partial charge in [-0.15, -0.1) is 11.3 Å². The van der Waals surface area contributed by atoms with Crippen molar-refractivity contribution in [2.24, 2.45) is 5.92 Å². The minimum atomic E-state index is -0.877. The molecule has 1 aliphatic heterocycles. The highest BCUT2D eigenvalue weighted by atomic mass is 32.1. The van der Waals surface area contributed by atoms with E-state index in [1.807, 2.05) is 6.92 Å². The number of carboxylic acids is 1. The first kappa shape index (κ1) is 14.5. The Morgan fingerprint density at radius 1 is 1.43 bits per heavy atom. The van der Waals surface area contributed by atoms with Gasteiger partial charge in [-0.1, -0.05) is 19.8 Å². The summed E-state index contributed by atoms with van der Waals surface area (Å²) in [7, 11) is 0. The number of fused-ring (bicyclic) bond motifs is 1. The molecule has 1 aliphatic carbocycles. The molecule has 1 N–H and O–H groups in total. The van der Waals surface area contributed by atoms with Gasteiger partial charge >= 0.3 is 5.97 Å². The lowest BCUT2D eigenvalue weighted by Gasteiger charge is -2.32. The van der Waals surface area contributed by atoms with Crippen molar-refractivity contribution >= 4 is 23.2 Å². The molecular weight excluding hydrogens is 288 g/mol. The summed E-state index contributed by atoms with van der Waals surface area (Å²) in [6.07, 6.45) is 7.20. The Hall–Kier alpha value is -1.43. The number of thiazole rings is 1. The number of amides is 1. The number of aliphatic carboxylic acids is 1. The molecule has 2 heterocycles. The third-order valence-corrected chi connectivity index (χ3v) is 5.80. The summed E-state index contributed by atoms with van der Waals surface area (Å²) < 4.78 is 0. The number of carbonyl (C=O) groups is 2. The number of aryl methyl sites for hydroxylation is 1. The molecule has 0 radical (unpaired) electrons. The minimum absolute atomic E-state index is 0.0968. The van der Waals surface area contributed by atoms with Gasteiger partial charge in [0.2, 0.25) is 0 Å². The molecule has 6 heteroatoms. The molecule has 114 valence electrons. The summed E-state index contributed by atoms with van der Waals surface area (Å²) in [6, 6.07) is -0.572. The van der Waals surface area contributed by atoms with Crippen molar-refractivity contribution in [2.75, 3.05) is 0 Å². The van der Waals surface area contributed by atoms with E-state index < -0.39 is 12.0 Å². The largest absolute Gasteiger partial charge is 0.480 e. The van der Waals surface area contributed by atoms with E-state index in [1.54, 1.807) is 11.1 Å². The lowest BCUT2D eigenvalue weighted by atomic mass is 9.85. The van der Waals surface area contributed by atoms with E-state index in [4.69, 9.17) is 0 Å². The molecule has 21 heavy (non-hydrogen) atoms. The molecule has 0 aromatic carbocycles. The fourth-order valence-corrected chi connectivity index (χ4v) is 4.47. The van der Waals surface area contributed by atoms with E-state index in [0.717, 1.165) is 37.1 Å². The van der Waals surface area contributed by atoms with Crippen LogP contribution in [0.25, 0.3) is 0 Å². The zero-order valence-electron chi connectivity index (χ0n) is 12.1. The molecule has 1 saturated heterocycles. The van der Waals surface area contributed by atoms with Crippen molar-refractivity contribution in [3.8, 4) is 0 Å². The van der Waals surface area contributed by atoms with Crippen LogP contribution in [0, 0.1) is 5.92 Å². The molecule has 1 aromatic rings. The van der Waals surface area contributed by atoms with Crippen LogP contribution in [0.5, 0.6) is 0 Å². The van der Waals surface area contributed by atoms with E-state index >= 15 is 0 Å². The van der Waals surface area contributed by atoms with Crippen LogP contribution < -0.4 is 0 Å². The summed E-state index contributed by atoms with van der Waals surface area (Å²) in [5, 5.41) is 10.4. The number of carboxylic acid groups (broad SMARTS) is 1. The Morgan fingerprint density at radius 2 is 2.19 bits per heavy atom. The van der Waals surface area contributed by atoms with E-state index in [2.05, 4.69) is 4.98 Å². The zero-order chi connectivity index (χ0) is 15.0. The Kier molecular flexibility index (Phi) is 3.97. The third kappa shape index (κ3) is 2.57. The SMILES string of the molecule is CCc1ncc(C(=O)N2C(C(=O)O)CC3CCCCC32)s1. The predicted molar refractivity (Wildman–Crippen MR) is 79.4 cm³/mol. The number of carbonyl (C=O) groups excluding carboxylic acids is 1. The second-order valence-electron chi connectivity index (χ2n) is 5.89. The molecule has 1 saturated carbocycles. The van der Waals surface area contributed by atoms with Crippen molar-refractivity contribution in [3.05, 3.63) is 16.1 Å². The summed E-state index contributed by atoms with van der Waals surface area (Å²) in [6.45, 7) is 2.00. The monoisotopic (exact) mass is 308 g/mol. The Bertz CT molecular complexity index is 557. The molecule has 5 nitrogen and oxygen atoms in total. The molecule has 1 amide bonds. The number of hydrogen-bond acceptors (Lipinski definition) is 4. The molecular formula is C15H20N2O3S. The van der Waals surface area contributed by atoms with E-state index in [1.165, 1.54) is 11.3 Å². The van der Waals surface area contributed by atoms with Crippen molar-refractivity contribution in [1.82, 2.24) is 9.88 Å². The van der Waals surface area contributed by atoms with Gasteiger partial charge in [0.15, 0.2) is 0 Å². The molecule has 2 fully saturated rings. The molecule has 0 spiro atoms. The first-order valence-electron chi connectivity index (χ1n) is 7.62. The quantitative estimate of drug-likeness (QED) is 0.931. The van der Waals surface area contributed by atoms with Gasteiger partial charge in [-0.2, -0.15) is 0 Å². The normalized spacial score (nSPS) is 28.4. The predicted octanol–water partition coefficient (Wildman–Crippen LogP) is 2.56. The van der Waals surface area contributed by atoms with Crippen molar-refractivity contribution in [2.45, 2.75) is 57.5 Å². The first-order chi connectivity index (χ1) is 10.1. The van der Waals surface area contributed by atoms with Crippen LogP contribution in [-0.4, -0.2) is 39.0 Å². The van der Waals surface area contributed by atoms with Crippen molar-refractivity contribution in [3.63, 3.8) is 0 Å². The fourth-order valence-electron chi connectivity index (χ4n) is 3.67. The summed E-state index contributed by atoms with van der Waals surface area (Å²) in [5.74, 6) is -0.672. The van der Waals surface area contributed by atoms with Crippen molar-refractivity contribution < 1.29 is 14.7 Å². The van der Waals surface area contributed by atoms with Gasteiger partial charge in [-0.05, 0) is 31.6 Å². The van der Waals surface area contributed by atoms with Crippen LogP contribution in [0.1, 0.15) is 53.7 Å². The highest BCUT2D eigenvalue weighted by Gasteiger charge is 2.47. The average molecular weight is 308 g/mol. The van der Waals surface area contributed by atoms with Crippen LogP contribution in [0.4, 0.5) is 0 Å². The highest BCUT2D eigenvalue weighted by Crippen LogP contribution is 2.40. The van der Waals surface area contributed by atoms with Crippen LogP contribution in [0.3, 0.4) is 0 Å². The van der Waals surface area contributed by atoms with Gasteiger partial charge in [0.05, 0.1) is 11.2 Å². The highest BCUT2D eigenvalue weighted by molar-refractivity contribution is 7.13. The number of nitrogens with zero attached hydrogens (tertiary/aromatic N) is 2.